The highest BCUT2D eigenvalue weighted by Crippen LogP contribution is 2.22. The van der Waals surface area contributed by atoms with Crippen LogP contribution in [-0.2, 0) is 4.74 Å². The minimum Gasteiger partial charge on any atom is -0.464 e. The number of hydrogen-bond donors (Lipinski definition) is 0. The molecule has 0 saturated carbocycles. The third kappa shape index (κ3) is 2.06. The van der Waals surface area contributed by atoms with Gasteiger partial charge in [0.25, 0.3) is 0 Å². The highest BCUT2D eigenvalue weighted by molar-refractivity contribution is 6.30. The lowest BCUT2D eigenvalue weighted by atomic mass is 10.1. The van der Waals surface area contributed by atoms with Crippen molar-refractivity contribution < 1.29 is 14.1 Å². The number of aromatic nitrogens is 1. The Morgan fingerprint density at radius 1 is 1.38 bits per heavy atom. The number of methoxy groups -OCH3 is 1. The van der Waals surface area contributed by atoms with E-state index >= 15 is 0 Å². The Labute approximate surface area is 96.8 Å². The fourth-order valence-electron chi connectivity index (χ4n) is 1.23. The predicted molar refractivity (Wildman–Crippen MR) is 58.3 cm³/mol. The Hall–Kier alpha value is -1.81. The first-order valence-corrected chi connectivity index (χ1v) is 4.89. The van der Waals surface area contributed by atoms with Crippen LogP contribution in [-0.4, -0.2) is 18.2 Å². The number of benzene rings is 1. The first kappa shape index (κ1) is 10.7. The molecule has 0 spiro atoms. The Kier molecular flexibility index (Phi) is 2.92. The maximum absolute atomic E-state index is 11.1. The molecule has 0 fully saturated rings. The standard InChI is InChI=1S/C11H8ClNO3/c1-15-11(14)9-6-10(16-13-9)7-2-4-8(12)5-3-7/h2-6H,1H3. The van der Waals surface area contributed by atoms with Crippen molar-refractivity contribution in [1.29, 1.82) is 0 Å². The number of halogens is 1. The zero-order valence-corrected chi connectivity index (χ0v) is 9.19. The van der Waals surface area contributed by atoms with Crippen molar-refractivity contribution in [3.63, 3.8) is 0 Å². The fraction of sp³-hybridized carbons (Fsp3) is 0.0909. The Bertz CT molecular complexity index is 504. The summed E-state index contributed by atoms with van der Waals surface area (Å²) in [6, 6.07) is 8.55. The van der Waals surface area contributed by atoms with Gasteiger partial charge in [-0.3, -0.25) is 0 Å². The average molecular weight is 238 g/mol. The minimum atomic E-state index is -0.524. The van der Waals surface area contributed by atoms with Crippen molar-refractivity contribution in [1.82, 2.24) is 5.16 Å². The van der Waals surface area contributed by atoms with Gasteiger partial charge in [0.1, 0.15) is 0 Å². The van der Waals surface area contributed by atoms with Crippen LogP contribution in [0.1, 0.15) is 10.5 Å². The van der Waals surface area contributed by atoms with E-state index in [4.69, 9.17) is 16.1 Å². The fourth-order valence-corrected chi connectivity index (χ4v) is 1.35. The Morgan fingerprint density at radius 2 is 2.06 bits per heavy atom. The molecule has 1 aromatic heterocycles. The van der Waals surface area contributed by atoms with E-state index in [0.717, 1.165) is 5.56 Å². The molecule has 5 heteroatoms. The van der Waals surface area contributed by atoms with Gasteiger partial charge >= 0.3 is 5.97 Å². The summed E-state index contributed by atoms with van der Waals surface area (Å²) in [4.78, 5) is 11.1. The van der Waals surface area contributed by atoms with E-state index in [9.17, 15) is 4.79 Å². The van der Waals surface area contributed by atoms with E-state index in [1.54, 1.807) is 24.3 Å². The van der Waals surface area contributed by atoms with E-state index in [1.165, 1.54) is 13.2 Å². The smallest absolute Gasteiger partial charge is 0.360 e. The SMILES string of the molecule is COC(=O)c1cc(-c2ccc(Cl)cc2)on1. The molecular weight excluding hydrogens is 230 g/mol. The molecular formula is C11H8ClNO3. The first-order chi connectivity index (χ1) is 7.70. The average Bonchev–Trinajstić information content (AvgIpc) is 2.78. The molecule has 0 amide bonds. The van der Waals surface area contributed by atoms with Crippen molar-refractivity contribution in [2.75, 3.05) is 7.11 Å². The topological polar surface area (TPSA) is 52.3 Å². The summed E-state index contributed by atoms with van der Waals surface area (Å²) in [6.45, 7) is 0. The first-order valence-electron chi connectivity index (χ1n) is 4.51. The number of rotatable bonds is 2. The Morgan fingerprint density at radius 3 is 2.69 bits per heavy atom. The molecule has 0 bridgehead atoms. The lowest BCUT2D eigenvalue weighted by Gasteiger charge is -1.94. The van der Waals surface area contributed by atoms with Gasteiger partial charge in [0.05, 0.1) is 7.11 Å². The second-order valence-corrected chi connectivity index (χ2v) is 3.51. The predicted octanol–water partition coefficient (Wildman–Crippen LogP) is 2.78. The monoisotopic (exact) mass is 237 g/mol. The molecule has 0 unspecified atom stereocenters. The van der Waals surface area contributed by atoms with E-state index in [-0.39, 0.29) is 5.69 Å². The molecule has 2 aromatic rings. The van der Waals surface area contributed by atoms with Gasteiger partial charge in [0.2, 0.25) is 0 Å². The molecule has 0 saturated heterocycles. The molecule has 0 radical (unpaired) electrons. The number of nitrogens with zero attached hydrogens (tertiary/aromatic N) is 1. The van der Waals surface area contributed by atoms with Gasteiger partial charge in [-0.25, -0.2) is 4.79 Å². The van der Waals surface area contributed by atoms with Crippen molar-refractivity contribution in [3.05, 3.63) is 41.0 Å². The summed E-state index contributed by atoms with van der Waals surface area (Å²) < 4.78 is 9.54. The molecule has 0 aliphatic heterocycles. The normalized spacial score (nSPS) is 10.1. The van der Waals surface area contributed by atoms with Gasteiger partial charge in [-0.2, -0.15) is 0 Å². The van der Waals surface area contributed by atoms with Crippen LogP contribution in [0, 0.1) is 0 Å². The number of hydrogen-bond acceptors (Lipinski definition) is 4. The number of ether oxygens (including phenoxy) is 1. The second-order valence-electron chi connectivity index (χ2n) is 3.07. The zero-order chi connectivity index (χ0) is 11.5. The Balaban J connectivity index is 2.31. The van der Waals surface area contributed by atoms with Crippen LogP contribution in [0.3, 0.4) is 0 Å². The van der Waals surface area contributed by atoms with Gasteiger partial charge in [-0.15, -0.1) is 0 Å². The molecule has 16 heavy (non-hydrogen) atoms. The van der Waals surface area contributed by atoms with Gasteiger partial charge in [-0.1, -0.05) is 16.8 Å². The molecule has 1 aromatic carbocycles. The van der Waals surface area contributed by atoms with E-state index in [1.807, 2.05) is 0 Å². The van der Waals surface area contributed by atoms with Crippen LogP contribution in [0.4, 0.5) is 0 Å². The van der Waals surface area contributed by atoms with Gasteiger partial charge in [-0.05, 0) is 24.3 Å². The molecule has 0 aliphatic carbocycles. The maximum atomic E-state index is 11.1. The van der Waals surface area contributed by atoms with Crippen LogP contribution in [0.2, 0.25) is 5.02 Å². The number of carbonyl (C=O) groups is 1. The van der Waals surface area contributed by atoms with Crippen LogP contribution < -0.4 is 0 Å². The molecule has 0 atom stereocenters. The third-order valence-corrected chi connectivity index (χ3v) is 2.29. The molecule has 2 rings (SSSR count). The van der Waals surface area contributed by atoms with Crippen molar-refractivity contribution in [2.24, 2.45) is 0 Å². The third-order valence-electron chi connectivity index (χ3n) is 2.03. The van der Waals surface area contributed by atoms with E-state index < -0.39 is 5.97 Å². The summed E-state index contributed by atoms with van der Waals surface area (Å²) in [5.74, 6) is -0.0268. The molecule has 1 heterocycles. The van der Waals surface area contributed by atoms with Gasteiger partial charge in [0, 0.05) is 16.7 Å². The zero-order valence-electron chi connectivity index (χ0n) is 8.44. The van der Waals surface area contributed by atoms with Crippen LogP contribution >= 0.6 is 11.6 Å². The van der Waals surface area contributed by atoms with Gasteiger partial charge in [0.15, 0.2) is 11.5 Å². The van der Waals surface area contributed by atoms with Crippen molar-refractivity contribution in [2.45, 2.75) is 0 Å². The van der Waals surface area contributed by atoms with Crippen molar-refractivity contribution in [3.8, 4) is 11.3 Å². The molecule has 4 nitrogen and oxygen atoms in total. The highest BCUT2D eigenvalue weighted by atomic mass is 35.5. The van der Waals surface area contributed by atoms with Crippen LogP contribution in [0.5, 0.6) is 0 Å². The molecule has 0 aliphatic rings. The van der Waals surface area contributed by atoms with Gasteiger partial charge < -0.3 is 9.26 Å². The van der Waals surface area contributed by atoms with Crippen LogP contribution in [0.25, 0.3) is 11.3 Å². The summed E-state index contributed by atoms with van der Waals surface area (Å²) in [5.41, 5.74) is 0.944. The maximum Gasteiger partial charge on any atom is 0.360 e. The number of carbonyl (C=O) groups excluding carboxylic acids is 1. The summed E-state index contributed by atoms with van der Waals surface area (Å²) >= 11 is 5.76. The van der Waals surface area contributed by atoms with E-state index in [2.05, 4.69) is 9.89 Å². The number of esters is 1. The quantitative estimate of drug-likeness (QED) is 0.754. The minimum absolute atomic E-state index is 0.146. The lowest BCUT2D eigenvalue weighted by molar-refractivity contribution is 0.0589. The second kappa shape index (κ2) is 4.37. The van der Waals surface area contributed by atoms with Crippen molar-refractivity contribution >= 4 is 17.6 Å². The van der Waals surface area contributed by atoms with Crippen LogP contribution in [0.15, 0.2) is 34.9 Å². The summed E-state index contributed by atoms with van der Waals surface area (Å²) in [5, 5.41) is 4.24. The largest absolute Gasteiger partial charge is 0.464 e. The molecule has 82 valence electrons. The summed E-state index contributed by atoms with van der Waals surface area (Å²) in [7, 11) is 1.29. The highest BCUT2D eigenvalue weighted by Gasteiger charge is 2.13. The summed E-state index contributed by atoms with van der Waals surface area (Å²) in [6.07, 6.45) is 0. The van der Waals surface area contributed by atoms with E-state index in [0.29, 0.717) is 10.8 Å². The lowest BCUT2D eigenvalue weighted by Crippen LogP contribution is -2.00. The molecule has 0 N–H and O–H groups in total.